The molecule has 0 aliphatic carbocycles. The number of hydrogen-bond donors (Lipinski definition) is 0. The van der Waals surface area contributed by atoms with Gasteiger partial charge in [0.2, 0.25) is 0 Å². The van der Waals surface area contributed by atoms with Crippen molar-refractivity contribution >= 4 is 16.5 Å². The van der Waals surface area contributed by atoms with Crippen molar-refractivity contribution in [1.82, 2.24) is 4.98 Å². The summed E-state index contributed by atoms with van der Waals surface area (Å²) in [6.45, 7) is 1.66. The minimum atomic E-state index is -4.38. The van der Waals surface area contributed by atoms with Gasteiger partial charge in [-0.15, -0.1) is 0 Å². The number of pyridine rings is 1. The lowest BCUT2D eigenvalue weighted by Gasteiger charge is -2.09. The van der Waals surface area contributed by atoms with Gasteiger partial charge in [-0.1, -0.05) is 24.3 Å². The van der Waals surface area contributed by atoms with E-state index in [-0.39, 0.29) is 12.1 Å². The van der Waals surface area contributed by atoms with Crippen LogP contribution in [0, 0.1) is 17.0 Å². The topological polar surface area (TPSA) is 56.0 Å². The maximum Gasteiger partial charge on any atom is 0.416 e. The predicted octanol–water partition coefficient (Wildman–Crippen LogP) is 5.06. The fourth-order valence-corrected chi connectivity index (χ4v) is 2.80. The van der Waals surface area contributed by atoms with Gasteiger partial charge in [0, 0.05) is 23.6 Å². The molecular weight excluding hydrogens is 333 g/mol. The number of nitrogens with zero attached hydrogens (tertiary/aromatic N) is 2. The fraction of sp³-hybridized carbons (Fsp3) is 0.167. The highest BCUT2D eigenvalue weighted by molar-refractivity contribution is 5.93. The van der Waals surface area contributed by atoms with Crippen LogP contribution in [0.15, 0.2) is 48.7 Å². The first kappa shape index (κ1) is 16.9. The number of benzene rings is 2. The number of hydrogen-bond acceptors (Lipinski definition) is 3. The van der Waals surface area contributed by atoms with Crippen LogP contribution in [0.25, 0.3) is 10.8 Å². The second-order valence-electron chi connectivity index (χ2n) is 5.71. The average Bonchev–Trinajstić information content (AvgIpc) is 2.54. The Balaban J connectivity index is 2.02. The molecule has 0 atom stereocenters. The van der Waals surface area contributed by atoms with Crippen molar-refractivity contribution in [3.63, 3.8) is 0 Å². The summed E-state index contributed by atoms with van der Waals surface area (Å²) in [6.07, 6.45) is -2.61. The van der Waals surface area contributed by atoms with Gasteiger partial charge in [0.05, 0.1) is 21.6 Å². The van der Waals surface area contributed by atoms with Gasteiger partial charge in [0.15, 0.2) is 0 Å². The van der Waals surface area contributed by atoms with Crippen molar-refractivity contribution in [3.05, 3.63) is 81.2 Å². The smallest absolute Gasteiger partial charge is 0.260 e. The van der Waals surface area contributed by atoms with Crippen LogP contribution in [-0.4, -0.2) is 9.91 Å². The SMILES string of the molecule is Cc1ccc2c(Cc3ccc(C(F)(F)F)cc3)nccc2c1[N+](=O)[O-]. The molecule has 2 aromatic carbocycles. The van der Waals surface area contributed by atoms with Gasteiger partial charge in [-0.2, -0.15) is 13.2 Å². The van der Waals surface area contributed by atoms with E-state index in [4.69, 9.17) is 0 Å². The first-order valence-corrected chi connectivity index (χ1v) is 7.45. The molecule has 0 aliphatic rings. The standard InChI is InChI=1S/C18H13F3N2O2/c1-11-2-7-14-15(17(11)23(24)25)8-9-22-16(14)10-12-3-5-13(6-4-12)18(19,20)21/h2-9H,10H2,1H3. The van der Waals surface area contributed by atoms with Crippen LogP contribution in [0.4, 0.5) is 18.9 Å². The van der Waals surface area contributed by atoms with Crippen molar-refractivity contribution in [3.8, 4) is 0 Å². The summed E-state index contributed by atoms with van der Waals surface area (Å²) in [6, 6.07) is 9.82. The Morgan fingerprint density at radius 2 is 1.72 bits per heavy atom. The molecule has 0 saturated carbocycles. The second-order valence-corrected chi connectivity index (χ2v) is 5.71. The largest absolute Gasteiger partial charge is 0.416 e. The number of aromatic nitrogens is 1. The fourth-order valence-electron chi connectivity index (χ4n) is 2.80. The van der Waals surface area contributed by atoms with E-state index in [2.05, 4.69) is 4.98 Å². The molecule has 1 aromatic heterocycles. The molecule has 0 fully saturated rings. The van der Waals surface area contributed by atoms with Crippen LogP contribution < -0.4 is 0 Å². The summed E-state index contributed by atoms with van der Waals surface area (Å²) < 4.78 is 37.9. The summed E-state index contributed by atoms with van der Waals surface area (Å²) in [5.41, 5.74) is 1.09. The number of rotatable bonds is 3. The Kier molecular flexibility index (Phi) is 4.16. The monoisotopic (exact) mass is 346 g/mol. The van der Waals surface area contributed by atoms with E-state index >= 15 is 0 Å². The van der Waals surface area contributed by atoms with Crippen molar-refractivity contribution in [2.24, 2.45) is 0 Å². The third kappa shape index (κ3) is 3.31. The lowest BCUT2D eigenvalue weighted by Crippen LogP contribution is -2.04. The summed E-state index contributed by atoms with van der Waals surface area (Å²) in [5, 5.41) is 12.4. The number of halogens is 3. The summed E-state index contributed by atoms with van der Waals surface area (Å²) in [4.78, 5) is 15.1. The highest BCUT2D eigenvalue weighted by Gasteiger charge is 2.30. The van der Waals surface area contributed by atoms with Gasteiger partial charge in [-0.05, 0) is 30.7 Å². The van der Waals surface area contributed by atoms with Crippen molar-refractivity contribution in [2.75, 3.05) is 0 Å². The van der Waals surface area contributed by atoms with Crippen LogP contribution in [0.2, 0.25) is 0 Å². The van der Waals surface area contributed by atoms with E-state index in [0.717, 1.165) is 12.1 Å². The third-order valence-corrected chi connectivity index (χ3v) is 4.04. The van der Waals surface area contributed by atoms with Gasteiger partial charge in [-0.25, -0.2) is 0 Å². The molecule has 4 nitrogen and oxygen atoms in total. The molecule has 0 aliphatic heterocycles. The highest BCUT2D eigenvalue weighted by Crippen LogP contribution is 2.32. The molecule has 25 heavy (non-hydrogen) atoms. The van der Waals surface area contributed by atoms with E-state index < -0.39 is 16.7 Å². The maximum absolute atomic E-state index is 12.6. The molecule has 3 aromatic rings. The molecule has 0 unspecified atom stereocenters. The van der Waals surface area contributed by atoms with Crippen molar-refractivity contribution in [1.29, 1.82) is 0 Å². The lowest BCUT2D eigenvalue weighted by atomic mass is 10.00. The molecule has 0 amide bonds. The van der Waals surface area contributed by atoms with Gasteiger partial charge in [-0.3, -0.25) is 15.1 Å². The van der Waals surface area contributed by atoms with E-state index in [1.54, 1.807) is 25.1 Å². The number of nitro benzene ring substituents is 1. The van der Waals surface area contributed by atoms with E-state index in [0.29, 0.717) is 27.6 Å². The molecule has 1 heterocycles. The maximum atomic E-state index is 12.6. The Labute approximate surface area is 141 Å². The normalized spacial score (nSPS) is 11.7. The quantitative estimate of drug-likeness (QED) is 0.492. The third-order valence-electron chi connectivity index (χ3n) is 4.04. The second kappa shape index (κ2) is 6.16. The minimum Gasteiger partial charge on any atom is -0.260 e. The van der Waals surface area contributed by atoms with Crippen LogP contribution in [0.5, 0.6) is 0 Å². The Morgan fingerprint density at radius 3 is 2.32 bits per heavy atom. The van der Waals surface area contributed by atoms with Gasteiger partial charge >= 0.3 is 6.18 Å². The van der Waals surface area contributed by atoms with Crippen molar-refractivity contribution < 1.29 is 18.1 Å². The van der Waals surface area contributed by atoms with Crippen molar-refractivity contribution in [2.45, 2.75) is 19.5 Å². The summed E-state index contributed by atoms with van der Waals surface area (Å²) in [7, 11) is 0. The van der Waals surface area contributed by atoms with E-state index in [9.17, 15) is 23.3 Å². The van der Waals surface area contributed by atoms with E-state index in [1.807, 2.05) is 0 Å². The van der Waals surface area contributed by atoms with Gasteiger partial charge in [0.25, 0.3) is 5.69 Å². The predicted molar refractivity (Wildman–Crippen MR) is 87.4 cm³/mol. The molecule has 0 radical (unpaired) electrons. The number of fused-ring (bicyclic) bond motifs is 1. The van der Waals surface area contributed by atoms with Gasteiger partial charge < -0.3 is 0 Å². The number of aryl methyl sites for hydroxylation is 1. The summed E-state index contributed by atoms with van der Waals surface area (Å²) in [5.74, 6) is 0. The first-order chi connectivity index (χ1) is 11.8. The first-order valence-electron chi connectivity index (χ1n) is 7.45. The molecule has 128 valence electrons. The van der Waals surface area contributed by atoms with E-state index in [1.165, 1.54) is 18.3 Å². The van der Waals surface area contributed by atoms with Crippen LogP contribution in [0.1, 0.15) is 22.4 Å². The highest BCUT2D eigenvalue weighted by atomic mass is 19.4. The zero-order valence-corrected chi connectivity index (χ0v) is 13.2. The molecule has 7 heteroatoms. The minimum absolute atomic E-state index is 0.0218. The van der Waals surface area contributed by atoms with Gasteiger partial charge in [0.1, 0.15) is 0 Å². The zero-order chi connectivity index (χ0) is 18.2. The lowest BCUT2D eigenvalue weighted by molar-refractivity contribution is -0.383. The Bertz CT molecular complexity index is 951. The molecule has 0 saturated heterocycles. The number of nitro groups is 1. The summed E-state index contributed by atoms with van der Waals surface area (Å²) >= 11 is 0. The number of alkyl halides is 3. The Morgan fingerprint density at radius 1 is 1.04 bits per heavy atom. The van der Waals surface area contributed by atoms with Crippen LogP contribution in [-0.2, 0) is 12.6 Å². The van der Waals surface area contributed by atoms with Crippen LogP contribution in [0.3, 0.4) is 0 Å². The molecule has 0 bridgehead atoms. The zero-order valence-electron chi connectivity index (χ0n) is 13.2. The molecule has 3 rings (SSSR count). The average molecular weight is 346 g/mol. The molecule has 0 spiro atoms. The molecule has 0 N–H and O–H groups in total. The van der Waals surface area contributed by atoms with Crippen LogP contribution >= 0.6 is 0 Å². The molecular formula is C18H13F3N2O2. The Hall–Kier alpha value is -2.96.